The van der Waals surface area contributed by atoms with Gasteiger partial charge in [-0.25, -0.2) is 69.9 Å². The van der Waals surface area contributed by atoms with Crippen LogP contribution in [0.25, 0.3) is 10.9 Å². The highest BCUT2D eigenvalue weighted by atomic mass is 16.6. The van der Waals surface area contributed by atoms with Crippen molar-refractivity contribution < 1.29 is 116 Å². The number of esters is 1. The van der Waals surface area contributed by atoms with Gasteiger partial charge in [0.1, 0.15) is 85.3 Å². The van der Waals surface area contributed by atoms with Crippen molar-refractivity contribution >= 4 is 123 Å². The number of likely N-dealkylation sites (tertiary alicyclic amines) is 1. The minimum atomic E-state index is -1.87. The number of phenols is 1. The number of amides is 1. The number of carbonyl (C=O) groups is 2. The summed E-state index contributed by atoms with van der Waals surface area (Å²) in [5.74, 6) is -15.3. The first-order valence-corrected chi connectivity index (χ1v) is 50.8. The summed E-state index contributed by atoms with van der Waals surface area (Å²) in [6.45, 7) is 13.6. The largest absolute Gasteiger partial charge is 0.508 e. The molecule has 15 atom stereocenters. The number of likely N-dealkylation sites (N-methyl/N-ethyl adjacent to an activating group) is 1. The van der Waals surface area contributed by atoms with Crippen molar-refractivity contribution in [2.24, 2.45) is 110 Å². The number of H-pyrrole nitrogens is 1. The molecule has 46 nitrogen and oxygen atoms in total. The quantitative estimate of drug-likeness (QED) is 0.0108. The number of nitrogens with two attached hydrogens (primary N) is 3. The van der Waals surface area contributed by atoms with E-state index in [0.29, 0.717) is 81.9 Å². The molecule has 1 aromatic heterocycles. The first-order valence-electron chi connectivity index (χ1n) is 50.8. The van der Waals surface area contributed by atoms with Crippen LogP contribution in [0.1, 0.15) is 253 Å². The van der Waals surface area contributed by atoms with Crippen molar-refractivity contribution in [3.05, 3.63) is 65.9 Å². The molecule has 818 valence electrons. The number of aromatic nitrogens is 1. The van der Waals surface area contributed by atoms with E-state index in [1.165, 1.54) is 82.2 Å². The summed E-state index contributed by atoms with van der Waals surface area (Å²) in [6, 6.07) is -5.79. The molecule has 30 N–H and O–H groups in total. The van der Waals surface area contributed by atoms with Gasteiger partial charge in [-0.05, 0) is 203 Å². The zero-order chi connectivity index (χ0) is 108. The van der Waals surface area contributed by atoms with Crippen LogP contribution in [-0.4, -0.2) is 381 Å². The van der Waals surface area contributed by atoms with Crippen molar-refractivity contribution in [1.29, 1.82) is 10.8 Å². The Morgan fingerprint density at radius 2 is 0.945 bits per heavy atom. The van der Waals surface area contributed by atoms with Crippen LogP contribution in [0, 0.1) is 28.6 Å². The molecular weight excluding hydrogens is 1890 g/mol. The predicted octanol–water partition coefficient (Wildman–Crippen LogP) is 13.0. The van der Waals surface area contributed by atoms with E-state index in [-0.39, 0.29) is 126 Å². The second kappa shape index (κ2) is 68.8. The number of nitrogens with zero attached hydrogens (tertiary/aromatic N) is 16. The summed E-state index contributed by atoms with van der Waals surface area (Å²) in [5.41, 5.74) is 19.3. The Morgan fingerprint density at radius 1 is 0.479 bits per heavy atom. The summed E-state index contributed by atoms with van der Waals surface area (Å²) in [4.78, 5) is 95.4. The van der Waals surface area contributed by atoms with Crippen molar-refractivity contribution in [2.45, 2.75) is 346 Å². The lowest BCUT2D eigenvalue weighted by Crippen LogP contribution is -2.42. The molecule has 1 amide bonds. The van der Waals surface area contributed by atoms with Gasteiger partial charge in [0.05, 0.1) is 25.7 Å². The molecule has 0 radical (unpaired) electrons. The molecule has 146 heavy (non-hydrogen) atoms. The molecule has 46 heteroatoms. The van der Waals surface area contributed by atoms with Gasteiger partial charge < -0.3 is 139 Å². The third-order valence-corrected chi connectivity index (χ3v) is 23.7. The Hall–Kier alpha value is -12.5. The molecular formula is C100H165N23O23. The van der Waals surface area contributed by atoms with Gasteiger partial charge in [-0.3, -0.25) is 25.4 Å². The van der Waals surface area contributed by atoms with Crippen LogP contribution in [0.4, 0.5) is 0 Å². The highest BCUT2D eigenvalue weighted by molar-refractivity contribution is 5.97. The lowest BCUT2D eigenvalue weighted by atomic mass is 10.0. The highest BCUT2D eigenvalue weighted by Gasteiger charge is 2.37. The fourth-order valence-corrected chi connectivity index (χ4v) is 15.8. The summed E-state index contributed by atoms with van der Waals surface area (Å²) >= 11 is 0. The number of phenolic OH excluding ortho intramolecular Hbond substituents is 1. The van der Waals surface area contributed by atoms with Gasteiger partial charge in [-0.1, -0.05) is 130 Å². The SMILES string of the molecule is CCCCCCCCCCCC(O)=NCCCC[C@H](N=C(O)[C@H](CCCCN)N=C(O)[C@H](CCCCN)N=C(O)[C@@H]1CCCN1C(=O)CN=C(O)[C@H](CC(C)C)N=C(O)[C@H](CC(C)C)N=C(O)[C@H](Cc1ccc(O)cc1)N=C(O)CN=C(O)[C@H](C)N=C(O)[C@H](CO)N=C(O)[C@H](CC(=N)O)N=C(O)[C@H](CC(C)C)N=C(O)[C@@H](N=C(O)[C@H](Cc1c[nH]c2ccccc12)OC(=O)CNC)[C@@H](C)O)C(O)=N[C@@H](CCCCN)C(=N)O. The first-order chi connectivity index (χ1) is 69.5. The van der Waals surface area contributed by atoms with Crippen LogP contribution in [0.5, 0.6) is 5.75 Å². The van der Waals surface area contributed by atoms with E-state index in [0.717, 1.165) is 36.6 Å². The third kappa shape index (κ3) is 47.8. The Kier molecular flexibility index (Phi) is 59.2. The summed E-state index contributed by atoms with van der Waals surface area (Å²) in [7, 11) is 1.50. The van der Waals surface area contributed by atoms with E-state index in [2.05, 4.69) is 92.1 Å². The number of carbonyl (C=O) groups excluding carboxylic acids is 2. The molecule has 2 heterocycles. The van der Waals surface area contributed by atoms with Crippen LogP contribution in [0.2, 0.25) is 0 Å². The number of ether oxygens (including phenoxy) is 1. The number of rotatable bonds is 74. The molecule has 2 aromatic carbocycles. The van der Waals surface area contributed by atoms with Crippen LogP contribution < -0.4 is 22.5 Å². The summed E-state index contributed by atoms with van der Waals surface area (Å²) < 4.78 is 5.58. The number of para-hydroxylation sites is 1. The number of hydrogen-bond acceptors (Lipinski definition) is 27. The maximum Gasteiger partial charge on any atom is 0.320 e. The molecule has 1 aliphatic rings. The molecule has 1 saturated heterocycles. The van der Waals surface area contributed by atoms with Gasteiger partial charge in [-0.15, -0.1) is 0 Å². The molecule has 0 unspecified atom stereocenters. The Bertz CT molecular complexity index is 4930. The van der Waals surface area contributed by atoms with E-state index in [4.69, 9.17) is 32.8 Å². The van der Waals surface area contributed by atoms with Crippen molar-refractivity contribution in [1.82, 2.24) is 15.2 Å². The average Bonchev–Trinajstić information content (AvgIpc) is 1.68. The Morgan fingerprint density at radius 3 is 1.47 bits per heavy atom. The fourth-order valence-electron chi connectivity index (χ4n) is 15.8. The number of aliphatic hydroxyl groups excluding tert-OH is 19. The molecule has 4 rings (SSSR count). The lowest BCUT2D eigenvalue weighted by molar-refractivity contribution is -0.145. The van der Waals surface area contributed by atoms with Crippen molar-refractivity contribution in [3.63, 3.8) is 0 Å². The minimum Gasteiger partial charge on any atom is -0.508 e. The summed E-state index contributed by atoms with van der Waals surface area (Å²) in [6.07, 6.45) is 12.5. The molecule has 0 spiro atoms. The number of fused-ring (bicyclic) bond motifs is 1. The molecule has 0 saturated carbocycles. The Balaban J connectivity index is 1.65. The fraction of sp³-hybridized carbons (Fsp3) is 0.670. The standard InChI is InChI=1S/C100H165N23O23/c1-11-12-13-14-15-16-17-18-19-38-82(128)107-46-29-25-36-71(90(135)113-69(87(105)132)33-22-26-43-101)115-91(136)70(34-23-27-44-102)114-92(137)72(35-24-28-45-103)116-98(143)79-37-30-47-123(79)84(130)56-110-89(134)73(48-59(2)3)117-93(138)74(49-60(4)5)118-95(140)76(51-64-39-41-66(126)42-40-64)112-83(129)55-109-88(133)62(8)111-97(142)78(58-124)121-96(141)77(53-81(104)127)119-94(139)75(50-61(6)7)120-100(145)86(63(9)125)122-99(144)80(146-85(131)57-106-10)52-65-54-108-68-32-21-20-31-67(65)68/h20-21,31-32,39-42,54,59-63,69-80,86,106,108,124-126H,11-19,22-30,33-38,43-53,55-58,101-103H2,1-10H3,(H2,104,127)(H2,105,132)(H,107,128)(H,109,133)(H,110,134)(H,111,142)(H,112,129)(H,113,135)(H,114,137)(H,115,136)(H,116,143)(H,117,138)(H,118,140)(H,119,139)(H,120,145)(H,121,141)(H,122,144)/t62-,63+,69-,70-,71-,72-,73-,74-,75-,76-,77-,78-,79-,80-,86-/m0/s1. The maximum atomic E-state index is 14.3. The number of aromatic amines is 1. The van der Waals surface area contributed by atoms with Crippen LogP contribution in [-0.2, 0) is 27.2 Å². The Labute approximate surface area is 854 Å². The first kappa shape index (κ1) is 126. The van der Waals surface area contributed by atoms with Gasteiger partial charge >= 0.3 is 5.97 Å². The van der Waals surface area contributed by atoms with E-state index in [1.807, 2.05) is 6.07 Å². The van der Waals surface area contributed by atoms with Crippen LogP contribution in [0.3, 0.4) is 0 Å². The van der Waals surface area contributed by atoms with Gasteiger partial charge in [-0.2, -0.15) is 0 Å². The normalized spacial score (nSPS) is 17.9. The lowest BCUT2D eigenvalue weighted by Gasteiger charge is -2.24. The number of hydrogen-bond donors (Lipinski definition) is 27. The van der Waals surface area contributed by atoms with Gasteiger partial charge in [0.25, 0.3) is 0 Å². The van der Waals surface area contributed by atoms with Crippen molar-refractivity contribution in [2.75, 3.05) is 66.0 Å². The number of unbranched alkanes of at least 4 members (excludes halogenated alkanes) is 12. The van der Waals surface area contributed by atoms with E-state index in [9.17, 15) is 112 Å². The number of aromatic hydroxyl groups is 1. The predicted molar refractivity (Wildman–Crippen MR) is 576 cm³/mol. The molecule has 0 bridgehead atoms. The van der Waals surface area contributed by atoms with E-state index < -0.39 is 223 Å². The second-order valence-electron chi connectivity index (χ2n) is 37.8. The monoisotopic (exact) mass is 2060 g/mol. The smallest absolute Gasteiger partial charge is 0.320 e. The van der Waals surface area contributed by atoms with E-state index >= 15 is 0 Å². The van der Waals surface area contributed by atoms with Crippen LogP contribution >= 0.6 is 0 Å². The zero-order valence-corrected chi connectivity index (χ0v) is 86.2. The number of nitrogens with one attached hydrogen (secondary N) is 4. The van der Waals surface area contributed by atoms with Gasteiger partial charge in [0.15, 0.2) is 30.0 Å². The molecule has 0 aliphatic carbocycles. The molecule has 1 aliphatic heterocycles. The van der Waals surface area contributed by atoms with E-state index in [1.54, 1.807) is 65.9 Å². The topological polar surface area (TPSA) is 790 Å². The average molecular weight is 2060 g/mol. The second-order valence-corrected chi connectivity index (χ2v) is 37.8. The zero-order valence-electron chi connectivity index (χ0n) is 86.2. The third-order valence-electron chi connectivity index (χ3n) is 23.7. The maximum absolute atomic E-state index is 14.3. The number of aliphatic imine (C=N–C) groups is 15. The van der Waals surface area contributed by atoms with Gasteiger partial charge in [0.2, 0.25) is 94.4 Å². The van der Waals surface area contributed by atoms with Gasteiger partial charge in [0, 0.05) is 49.5 Å². The minimum absolute atomic E-state index is 0.00797. The highest BCUT2D eigenvalue weighted by Crippen LogP contribution is 2.27. The van der Waals surface area contributed by atoms with Crippen LogP contribution in [0.15, 0.2) is 130 Å². The molecule has 3 aromatic rings. The number of benzene rings is 2. The molecule has 1 fully saturated rings. The summed E-state index contributed by atoms with van der Waals surface area (Å²) in [5, 5.41) is 245. The number of aliphatic hydroxyl groups is 19. The van der Waals surface area contributed by atoms with Crippen molar-refractivity contribution in [3.8, 4) is 5.75 Å².